The number of benzene rings is 1. The summed E-state index contributed by atoms with van der Waals surface area (Å²) in [5.41, 5.74) is 8.21. The SMILES string of the molecule is CCCC(=O)Nc1cccc(NC(=O)C2CCCCC2(C)N)c1C.Cl. The van der Waals surface area contributed by atoms with Gasteiger partial charge in [0.05, 0.1) is 5.92 Å². The highest BCUT2D eigenvalue weighted by atomic mass is 35.5. The molecule has 140 valence electrons. The molecule has 25 heavy (non-hydrogen) atoms. The molecule has 1 aromatic carbocycles. The van der Waals surface area contributed by atoms with Gasteiger partial charge in [0.2, 0.25) is 11.8 Å². The van der Waals surface area contributed by atoms with Crippen LogP contribution in [-0.4, -0.2) is 17.4 Å². The Kier molecular flexibility index (Phi) is 7.90. The monoisotopic (exact) mass is 367 g/mol. The number of nitrogens with one attached hydrogen (secondary N) is 2. The van der Waals surface area contributed by atoms with Crippen molar-refractivity contribution < 1.29 is 9.59 Å². The minimum Gasteiger partial charge on any atom is -0.326 e. The van der Waals surface area contributed by atoms with E-state index in [9.17, 15) is 9.59 Å². The number of halogens is 1. The van der Waals surface area contributed by atoms with Crippen molar-refractivity contribution in [3.05, 3.63) is 23.8 Å². The van der Waals surface area contributed by atoms with E-state index in [1.807, 2.05) is 39.0 Å². The predicted molar refractivity (Wildman–Crippen MR) is 105 cm³/mol. The molecule has 5 nitrogen and oxygen atoms in total. The molecule has 0 radical (unpaired) electrons. The van der Waals surface area contributed by atoms with Crippen LogP contribution in [0.5, 0.6) is 0 Å². The number of hydrogen-bond donors (Lipinski definition) is 3. The third-order valence-corrected chi connectivity index (χ3v) is 4.91. The van der Waals surface area contributed by atoms with Crippen molar-refractivity contribution in [2.75, 3.05) is 10.6 Å². The first-order valence-corrected chi connectivity index (χ1v) is 8.84. The standard InChI is InChI=1S/C19H29N3O2.ClH/c1-4-8-17(23)21-15-10-7-11-16(13(15)2)22-18(24)14-9-5-6-12-19(14,3)20;/h7,10-11,14H,4-6,8-9,12,20H2,1-3H3,(H,21,23)(H,22,24);1H. The lowest BCUT2D eigenvalue weighted by Crippen LogP contribution is -2.51. The number of amides is 2. The fourth-order valence-corrected chi connectivity index (χ4v) is 3.35. The summed E-state index contributed by atoms with van der Waals surface area (Å²) in [6.45, 7) is 5.83. The number of nitrogens with two attached hydrogens (primary N) is 1. The molecule has 0 heterocycles. The molecule has 1 saturated carbocycles. The molecule has 0 spiro atoms. The topological polar surface area (TPSA) is 84.2 Å². The Morgan fingerprint density at radius 2 is 1.88 bits per heavy atom. The van der Waals surface area contributed by atoms with Crippen LogP contribution in [0.3, 0.4) is 0 Å². The van der Waals surface area contributed by atoms with Crippen LogP contribution >= 0.6 is 12.4 Å². The Morgan fingerprint density at radius 3 is 2.48 bits per heavy atom. The first-order valence-electron chi connectivity index (χ1n) is 8.84. The summed E-state index contributed by atoms with van der Waals surface area (Å²) < 4.78 is 0. The van der Waals surface area contributed by atoms with Gasteiger partial charge in [0.1, 0.15) is 0 Å². The minimum atomic E-state index is -0.455. The number of carbonyl (C=O) groups is 2. The van der Waals surface area contributed by atoms with E-state index in [1.165, 1.54) is 0 Å². The third-order valence-electron chi connectivity index (χ3n) is 4.91. The molecule has 0 aromatic heterocycles. The van der Waals surface area contributed by atoms with Crippen molar-refractivity contribution in [1.29, 1.82) is 0 Å². The molecule has 6 heteroatoms. The maximum Gasteiger partial charge on any atom is 0.229 e. The predicted octanol–water partition coefficient (Wildman–Crippen LogP) is 4.00. The molecule has 2 amide bonds. The van der Waals surface area contributed by atoms with E-state index in [-0.39, 0.29) is 30.1 Å². The van der Waals surface area contributed by atoms with Gasteiger partial charge in [-0.15, -0.1) is 12.4 Å². The van der Waals surface area contributed by atoms with Crippen LogP contribution in [0.15, 0.2) is 18.2 Å². The van der Waals surface area contributed by atoms with E-state index in [2.05, 4.69) is 10.6 Å². The molecule has 0 saturated heterocycles. The summed E-state index contributed by atoms with van der Waals surface area (Å²) >= 11 is 0. The van der Waals surface area contributed by atoms with E-state index < -0.39 is 5.54 Å². The van der Waals surface area contributed by atoms with Gasteiger partial charge in [0, 0.05) is 23.3 Å². The van der Waals surface area contributed by atoms with Crippen molar-refractivity contribution in [2.24, 2.45) is 11.7 Å². The molecule has 1 aliphatic carbocycles. The Balaban J connectivity index is 0.00000312. The second-order valence-corrected chi connectivity index (χ2v) is 7.07. The second-order valence-electron chi connectivity index (χ2n) is 7.07. The fraction of sp³-hybridized carbons (Fsp3) is 0.579. The van der Waals surface area contributed by atoms with Gasteiger partial charge < -0.3 is 16.4 Å². The molecule has 2 atom stereocenters. The molecule has 0 bridgehead atoms. The maximum atomic E-state index is 12.7. The zero-order valence-electron chi connectivity index (χ0n) is 15.4. The zero-order valence-corrected chi connectivity index (χ0v) is 16.2. The summed E-state index contributed by atoms with van der Waals surface area (Å²) in [5, 5.41) is 5.92. The summed E-state index contributed by atoms with van der Waals surface area (Å²) in [6, 6.07) is 5.55. The largest absolute Gasteiger partial charge is 0.326 e. The van der Waals surface area contributed by atoms with Crippen LogP contribution in [0.2, 0.25) is 0 Å². The Bertz CT molecular complexity index is 617. The second kappa shape index (κ2) is 9.20. The van der Waals surface area contributed by atoms with Crippen molar-refractivity contribution in [3.63, 3.8) is 0 Å². The van der Waals surface area contributed by atoms with Crippen LogP contribution in [0.4, 0.5) is 11.4 Å². The third kappa shape index (κ3) is 5.44. The van der Waals surface area contributed by atoms with Crippen molar-refractivity contribution in [3.8, 4) is 0 Å². The lowest BCUT2D eigenvalue weighted by Gasteiger charge is -2.37. The van der Waals surface area contributed by atoms with E-state index in [1.54, 1.807) is 0 Å². The number of carbonyl (C=O) groups excluding carboxylic acids is 2. The van der Waals surface area contributed by atoms with Crippen molar-refractivity contribution >= 4 is 35.6 Å². The molecule has 1 aliphatic rings. The summed E-state index contributed by atoms with van der Waals surface area (Å²) in [7, 11) is 0. The van der Waals surface area contributed by atoms with Crippen LogP contribution < -0.4 is 16.4 Å². The van der Waals surface area contributed by atoms with Gasteiger partial charge in [0.25, 0.3) is 0 Å². The molecule has 4 N–H and O–H groups in total. The highest BCUT2D eigenvalue weighted by molar-refractivity contribution is 5.97. The van der Waals surface area contributed by atoms with Crippen LogP contribution in [0, 0.1) is 12.8 Å². The van der Waals surface area contributed by atoms with E-state index >= 15 is 0 Å². The molecule has 1 fully saturated rings. The van der Waals surface area contributed by atoms with Crippen LogP contribution in [0.25, 0.3) is 0 Å². The molecule has 0 aliphatic heterocycles. The van der Waals surface area contributed by atoms with Crippen LogP contribution in [-0.2, 0) is 9.59 Å². The first kappa shape index (κ1) is 21.5. The lowest BCUT2D eigenvalue weighted by atomic mass is 9.74. The normalized spacial score (nSPS) is 22.6. The van der Waals surface area contributed by atoms with Gasteiger partial charge in [-0.2, -0.15) is 0 Å². The van der Waals surface area contributed by atoms with E-state index in [0.717, 1.165) is 49.0 Å². The Morgan fingerprint density at radius 1 is 1.24 bits per heavy atom. The molecule has 2 unspecified atom stereocenters. The van der Waals surface area contributed by atoms with E-state index in [4.69, 9.17) is 5.73 Å². The molecular weight excluding hydrogens is 338 g/mol. The van der Waals surface area contributed by atoms with Gasteiger partial charge in [0.15, 0.2) is 0 Å². The summed E-state index contributed by atoms with van der Waals surface area (Å²) in [6.07, 6.45) is 5.11. The Hall–Kier alpha value is -1.59. The van der Waals surface area contributed by atoms with Gasteiger partial charge in [-0.1, -0.05) is 25.8 Å². The molecule has 2 rings (SSSR count). The minimum absolute atomic E-state index is 0. The molecular formula is C19H30ClN3O2. The summed E-state index contributed by atoms with van der Waals surface area (Å²) in [5.74, 6) is -0.213. The average Bonchev–Trinajstić information content (AvgIpc) is 2.51. The number of anilines is 2. The number of rotatable bonds is 5. The van der Waals surface area contributed by atoms with Gasteiger partial charge >= 0.3 is 0 Å². The zero-order chi connectivity index (χ0) is 17.7. The molecule has 1 aromatic rings. The Labute approximate surface area is 156 Å². The van der Waals surface area contributed by atoms with Crippen molar-refractivity contribution in [1.82, 2.24) is 0 Å². The van der Waals surface area contributed by atoms with Crippen molar-refractivity contribution in [2.45, 2.75) is 64.8 Å². The fourth-order valence-electron chi connectivity index (χ4n) is 3.35. The smallest absolute Gasteiger partial charge is 0.229 e. The van der Waals surface area contributed by atoms with Gasteiger partial charge in [-0.3, -0.25) is 9.59 Å². The summed E-state index contributed by atoms with van der Waals surface area (Å²) in [4.78, 5) is 24.5. The highest BCUT2D eigenvalue weighted by Crippen LogP contribution is 2.33. The highest BCUT2D eigenvalue weighted by Gasteiger charge is 2.37. The maximum absolute atomic E-state index is 12.7. The van der Waals surface area contributed by atoms with E-state index in [0.29, 0.717) is 6.42 Å². The van der Waals surface area contributed by atoms with Gasteiger partial charge in [-0.05, 0) is 50.8 Å². The average molecular weight is 368 g/mol. The lowest BCUT2D eigenvalue weighted by molar-refractivity contribution is -0.122. The van der Waals surface area contributed by atoms with Crippen LogP contribution in [0.1, 0.15) is 57.9 Å². The van der Waals surface area contributed by atoms with Gasteiger partial charge in [-0.25, -0.2) is 0 Å². The first-order chi connectivity index (χ1) is 11.3. The quantitative estimate of drug-likeness (QED) is 0.735. The number of hydrogen-bond acceptors (Lipinski definition) is 3.